The van der Waals surface area contributed by atoms with E-state index in [1.165, 1.54) is 10.6 Å². The van der Waals surface area contributed by atoms with Crippen LogP contribution in [0.1, 0.15) is 23.6 Å². The van der Waals surface area contributed by atoms with Crippen LogP contribution in [-0.4, -0.2) is 74.1 Å². The number of hydrogen-bond acceptors (Lipinski definition) is 6. The summed E-state index contributed by atoms with van der Waals surface area (Å²) < 4.78 is 58.7. The molecule has 1 fully saturated rings. The fraction of sp³-hybridized carbons (Fsp3) is 0.280. The molecule has 1 aliphatic rings. The first kappa shape index (κ1) is 29.2. The van der Waals surface area contributed by atoms with Gasteiger partial charge in [-0.1, -0.05) is 23.7 Å². The predicted octanol–water partition coefficient (Wildman–Crippen LogP) is 4.42. The number of benzene rings is 1. The number of sulfonamides is 1. The topological polar surface area (TPSA) is 134 Å². The van der Waals surface area contributed by atoms with Gasteiger partial charge in [-0.15, -0.1) is 0 Å². The van der Waals surface area contributed by atoms with E-state index in [2.05, 4.69) is 15.1 Å². The van der Waals surface area contributed by atoms with Crippen molar-refractivity contribution in [2.45, 2.75) is 25.1 Å². The summed E-state index contributed by atoms with van der Waals surface area (Å²) in [4.78, 5) is 21.3. The second kappa shape index (κ2) is 11.8. The average Bonchev–Trinajstić information content (AvgIpc) is 3.66. The fourth-order valence-corrected chi connectivity index (χ4v) is 5.08. The van der Waals surface area contributed by atoms with E-state index < -0.39 is 22.2 Å². The van der Waals surface area contributed by atoms with Crippen molar-refractivity contribution in [1.29, 1.82) is 0 Å². The van der Waals surface area contributed by atoms with Crippen molar-refractivity contribution in [2.24, 2.45) is 0 Å². The summed E-state index contributed by atoms with van der Waals surface area (Å²) in [5, 5.41) is 12.3. The Bertz CT molecular complexity index is 1590. The van der Waals surface area contributed by atoms with Crippen LogP contribution in [0.25, 0.3) is 22.6 Å². The van der Waals surface area contributed by atoms with Gasteiger partial charge in [0.25, 0.3) is 0 Å². The average molecular weight is 597 g/mol. The number of nitrogens with zero attached hydrogens (tertiary/aromatic N) is 5. The van der Waals surface area contributed by atoms with Gasteiger partial charge in [0.05, 0.1) is 24.7 Å². The Balaban J connectivity index is 0.000000470. The Hall–Kier alpha value is -3.75. The lowest BCUT2D eigenvalue weighted by Crippen LogP contribution is -2.27. The molecule has 0 bridgehead atoms. The maximum atomic E-state index is 11.8. The molecule has 5 rings (SSSR count). The molecule has 3 aromatic heterocycles. The summed E-state index contributed by atoms with van der Waals surface area (Å²) in [7, 11) is -3.18. The van der Waals surface area contributed by atoms with Crippen LogP contribution in [0.15, 0.2) is 61.2 Å². The molecule has 15 heteroatoms. The third-order valence-electron chi connectivity index (χ3n) is 6.11. The zero-order valence-electron chi connectivity index (χ0n) is 21.0. The van der Waals surface area contributed by atoms with Crippen molar-refractivity contribution in [3.63, 3.8) is 0 Å². The molecule has 40 heavy (non-hydrogen) atoms. The Morgan fingerprint density at radius 3 is 2.52 bits per heavy atom. The number of aromatic nitrogens is 5. The lowest BCUT2D eigenvalue weighted by Gasteiger charge is -2.11. The molecule has 0 spiro atoms. The molecule has 0 aliphatic carbocycles. The number of alkyl halides is 3. The largest absolute Gasteiger partial charge is 0.490 e. The van der Waals surface area contributed by atoms with Crippen LogP contribution in [0.4, 0.5) is 13.2 Å². The number of rotatable bonds is 6. The first-order valence-corrected chi connectivity index (χ1v) is 14.1. The molecular formula is C25H24ClF3N6O4S. The number of aromatic amines is 1. The minimum absolute atomic E-state index is 0.0824. The molecule has 10 nitrogen and oxygen atoms in total. The van der Waals surface area contributed by atoms with Gasteiger partial charge in [-0.3, -0.25) is 9.67 Å². The number of carboxylic acid groups (broad SMARTS) is 1. The second-order valence-electron chi connectivity index (χ2n) is 9.07. The molecule has 0 saturated carbocycles. The van der Waals surface area contributed by atoms with Crippen LogP contribution in [0.5, 0.6) is 0 Å². The fourth-order valence-electron chi connectivity index (χ4n) is 4.06. The van der Waals surface area contributed by atoms with Crippen LogP contribution in [-0.2, 0) is 21.4 Å². The normalized spacial score (nSPS) is 16.0. The standard InChI is InChI=1S/C23H23ClN6O2S.C2HF3O2/c1-33(31,32)30-9-7-18(15-30)22-12-26-23(28-22)21-10-17(6-8-25-21)19-11-27-29(14-19)13-16-2-4-20(24)5-3-16;3-2(4,5)1(6)7/h2-6,8,10-12,14,18H,7,9,13,15H2,1H3,(H,26,28);(H,6,7). The highest BCUT2D eigenvalue weighted by Gasteiger charge is 2.38. The zero-order valence-corrected chi connectivity index (χ0v) is 22.6. The number of aliphatic carboxylic acids is 1. The van der Waals surface area contributed by atoms with Gasteiger partial charge in [0, 0.05) is 48.2 Å². The van der Waals surface area contributed by atoms with Crippen molar-refractivity contribution in [1.82, 2.24) is 29.0 Å². The molecule has 1 unspecified atom stereocenters. The van der Waals surface area contributed by atoms with Gasteiger partial charge in [-0.2, -0.15) is 18.3 Å². The van der Waals surface area contributed by atoms with Crippen LogP contribution in [0, 0.1) is 0 Å². The Labute approximate surface area is 232 Å². The number of nitrogens with one attached hydrogen (secondary N) is 1. The van der Waals surface area contributed by atoms with E-state index in [4.69, 9.17) is 26.5 Å². The number of imidazole rings is 1. The van der Waals surface area contributed by atoms with E-state index in [0.29, 0.717) is 30.5 Å². The highest BCUT2D eigenvalue weighted by atomic mass is 35.5. The SMILES string of the molecule is CS(=O)(=O)N1CCC(c2c[nH]c(-c3cc(-c4cnn(Cc5ccc(Cl)cc5)c4)ccn3)n2)C1.O=C(O)C(F)(F)F. The molecular weight excluding hydrogens is 573 g/mol. The lowest BCUT2D eigenvalue weighted by atomic mass is 10.1. The summed E-state index contributed by atoms with van der Waals surface area (Å²) in [5.74, 6) is -2.01. The van der Waals surface area contributed by atoms with E-state index in [0.717, 1.165) is 34.5 Å². The van der Waals surface area contributed by atoms with Crippen molar-refractivity contribution < 1.29 is 31.5 Å². The third kappa shape index (κ3) is 7.46. The van der Waals surface area contributed by atoms with Crippen molar-refractivity contribution in [3.8, 4) is 22.6 Å². The third-order valence-corrected chi connectivity index (χ3v) is 7.63. The Kier molecular flexibility index (Phi) is 8.61. The van der Waals surface area contributed by atoms with Crippen LogP contribution in [0.2, 0.25) is 5.02 Å². The van der Waals surface area contributed by atoms with Gasteiger partial charge in [0.1, 0.15) is 5.69 Å². The number of carboxylic acids is 1. The smallest absolute Gasteiger partial charge is 0.475 e. The quantitative estimate of drug-likeness (QED) is 0.336. The molecule has 1 aromatic carbocycles. The summed E-state index contributed by atoms with van der Waals surface area (Å²) in [6.45, 7) is 1.64. The van der Waals surface area contributed by atoms with E-state index in [-0.39, 0.29) is 5.92 Å². The summed E-state index contributed by atoms with van der Waals surface area (Å²) >= 11 is 5.96. The first-order chi connectivity index (χ1) is 18.8. The van der Waals surface area contributed by atoms with Crippen LogP contribution >= 0.6 is 11.6 Å². The summed E-state index contributed by atoms with van der Waals surface area (Å²) in [6, 6.07) is 11.6. The molecule has 212 valence electrons. The summed E-state index contributed by atoms with van der Waals surface area (Å²) in [6.07, 6.45) is 4.37. The van der Waals surface area contributed by atoms with Crippen molar-refractivity contribution >= 4 is 27.6 Å². The van der Waals surface area contributed by atoms with Crippen LogP contribution in [0.3, 0.4) is 0 Å². The van der Waals surface area contributed by atoms with Crippen molar-refractivity contribution in [3.05, 3.63) is 77.5 Å². The monoisotopic (exact) mass is 596 g/mol. The number of H-pyrrole nitrogens is 1. The van der Waals surface area contributed by atoms with E-state index in [9.17, 15) is 21.6 Å². The maximum absolute atomic E-state index is 11.8. The van der Waals surface area contributed by atoms with Gasteiger partial charge < -0.3 is 10.1 Å². The number of pyridine rings is 1. The lowest BCUT2D eigenvalue weighted by molar-refractivity contribution is -0.192. The molecule has 0 radical (unpaired) electrons. The van der Waals surface area contributed by atoms with E-state index >= 15 is 0 Å². The Morgan fingerprint density at radius 2 is 1.90 bits per heavy atom. The minimum Gasteiger partial charge on any atom is -0.475 e. The minimum atomic E-state index is -5.08. The number of halogens is 4. The van der Waals surface area contributed by atoms with Crippen molar-refractivity contribution in [2.75, 3.05) is 19.3 Å². The van der Waals surface area contributed by atoms with Gasteiger partial charge in [-0.25, -0.2) is 22.5 Å². The van der Waals surface area contributed by atoms with Gasteiger partial charge in [0.2, 0.25) is 10.0 Å². The summed E-state index contributed by atoms with van der Waals surface area (Å²) in [5.41, 5.74) is 4.68. The highest BCUT2D eigenvalue weighted by molar-refractivity contribution is 7.88. The molecule has 1 atom stereocenters. The molecule has 1 saturated heterocycles. The van der Waals surface area contributed by atoms with Crippen LogP contribution < -0.4 is 0 Å². The maximum Gasteiger partial charge on any atom is 0.490 e. The second-order valence-corrected chi connectivity index (χ2v) is 11.5. The first-order valence-electron chi connectivity index (χ1n) is 11.8. The van der Waals surface area contributed by atoms with E-state index in [1.807, 2.05) is 59.7 Å². The highest BCUT2D eigenvalue weighted by Crippen LogP contribution is 2.29. The number of carbonyl (C=O) groups is 1. The molecule has 4 aromatic rings. The molecule has 2 N–H and O–H groups in total. The predicted molar refractivity (Wildman–Crippen MR) is 141 cm³/mol. The van der Waals surface area contributed by atoms with Gasteiger partial charge in [-0.05, 0) is 41.8 Å². The zero-order chi connectivity index (χ0) is 29.1. The van der Waals surface area contributed by atoms with Gasteiger partial charge in [0.15, 0.2) is 5.82 Å². The molecule has 4 heterocycles. The van der Waals surface area contributed by atoms with E-state index in [1.54, 1.807) is 6.20 Å². The molecule has 1 aliphatic heterocycles. The van der Waals surface area contributed by atoms with Gasteiger partial charge >= 0.3 is 12.1 Å². The molecule has 0 amide bonds. The Morgan fingerprint density at radius 1 is 1.20 bits per heavy atom. The number of hydrogen-bond donors (Lipinski definition) is 2.